The number of hydrogen-bond donors (Lipinski definition) is 1. The third-order valence-corrected chi connectivity index (χ3v) is 6.58. The predicted molar refractivity (Wildman–Crippen MR) is 115 cm³/mol. The van der Waals surface area contributed by atoms with Crippen molar-refractivity contribution in [2.24, 2.45) is 5.41 Å². The van der Waals surface area contributed by atoms with Crippen LogP contribution in [0.4, 0.5) is 10.6 Å². The molecule has 7 nitrogen and oxygen atoms in total. The summed E-state index contributed by atoms with van der Waals surface area (Å²) in [4.78, 5) is 28.2. The summed E-state index contributed by atoms with van der Waals surface area (Å²) in [6.07, 6.45) is 8.30. The smallest absolute Gasteiger partial charge is 0.407 e. The number of amides is 1. The molecular formula is C23H25N5O2. The first-order chi connectivity index (χ1) is 14.6. The largest absolute Gasteiger partial charge is 0.465 e. The molecule has 0 aliphatic carbocycles. The lowest BCUT2D eigenvalue weighted by molar-refractivity contribution is 0.0708. The molecule has 154 valence electrons. The molecule has 2 saturated heterocycles. The van der Waals surface area contributed by atoms with Gasteiger partial charge in [-0.15, -0.1) is 0 Å². The Bertz CT molecular complexity index is 1060. The zero-order valence-corrected chi connectivity index (χ0v) is 16.9. The number of fused-ring (bicyclic) bond motifs is 1. The fourth-order valence-corrected chi connectivity index (χ4v) is 4.74. The average Bonchev–Trinajstić information content (AvgIpc) is 2.76. The van der Waals surface area contributed by atoms with Crippen LogP contribution in [0.2, 0.25) is 0 Å². The predicted octanol–water partition coefficient (Wildman–Crippen LogP) is 3.39. The SMILES string of the molecule is O=C(O)N1CCC2(CC1)CN(c1ncnc3ccc(CCc4ccncc4)cc13)C2. The van der Waals surface area contributed by atoms with Crippen molar-refractivity contribution < 1.29 is 9.90 Å². The number of piperidine rings is 1. The van der Waals surface area contributed by atoms with Crippen LogP contribution in [0, 0.1) is 5.41 Å². The van der Waals surface area contributed by atoms with Crippen LogP contribution in [-0.4, -0.2) is 57.2 Å². The molecule has 0 radical (unpaired) electrons. The van der Waals surface area contributed by atoms with Crippen molar-refractivity contribution in [1.29, 1.82) is 0 Å². The highest BCUT2D eigenvalue weighted by atomic mass is 16.4. The Morgan fingerprint density at radius 2 is 1.73 bits per heavy atom. The van der Waals surface area contributed by atoms with Crippen molar-refractivity contribution in [3.8, 4) is 0 Å². The van der Waals surface area contributed by atoms with Crippen LogP contribution in [0.5, 0.6) is 0 Å². The number of aromatic nitrogens is 3. The van der Waals surface area contributed by atoms with E-state index in [0.29, 0.717) is 13.1 Å². The van der Waals surface area contributed by atoms with Crippen molar-refractivity contribution in [1.82, 2.24) is 19.9 Å². The van der Waals surface area contributed by atoms with E-state index in [0.717, 1.165) is 55.5 Å². The first kappa shape index (κ1) is 18.8. The van der Waals surface area contributed by atoms with Crippen molar-refractivity contribution in [2.45, 2.75) is 25.7 Å². The molecule has 2 aromatic heterocycles. The van der Waals surface area contributed by atoms with Gasteiger partial charge in [0.2, 0.25) is 0 Å². The second-order valence-corrected chi connectivity index (χ2v) is 8.53. The number of aryl methyl sites for hydroxylation is 2. The maximum Gasteiger partial charge on any atom is 0.407 e. The number of nitrogens with zero attached hydrogens (tertiary/aromatic N) is 5. The number of benzene rings is 1. The summed E-state index contributed by atoms with van der Waals surface area (Å²) in [5, 5.41) is 10.3. The van der Waals surface area contributed by atoms with Crippen LogP contribution in [0.3, 0.4) is 0 Å². The van der Waals surface area contributed by atoms with Crippen molar-refractivity contribution >= 4 is 22.8 Å². The van der Waals surface area contributed by atoms with Crippen LogP contribution in [0.15, 0.2) is 49.1 Å². The van der Waals surface area contributed by atoms with Gasteiger partial charge in [-0.05, 0) is 61.1 Å². The van der Waals surface area contributed by atoms with Crippen molar-refractivity contribution in [3.05, 3.63) is 60.2 Å². The van der Waals surface area contributed by atoms with E-state index in [1.165, 1.54) is 16.0 Å². The van der Waals surface area contributed by atoms with Crippen LogP contribution in [0.1, 0.15) is 24.0 Å². The molecule has 4 heterocycles. The summed E-state index contributed by atoms with van der Waals surface area (Å²) in [5.41, 5.74) is 3.75. The van der Waals surface area contributed by atoms with Gasteiger partial charge in [-0.3, -0.25) is 4.98 Å². The van der Waals surface area contributed by atoms with Gasteiger partial charge < -0.3 is 14.9 Å². The van der Waals surface area contributed by atoms with E-state index < -0.39 is 6.09 Å². The highest BCUT2D eigenvalue weighted by Crippen LogP contribution is 2.43. The second-order valence-electron chi connectivity index (χ2n) is 8.53. The standard InChI is InChI=1S/C23H25N5O2/c29-22(30)27-11-7-23(8-12-27)14-28(15-23)21-19-13-18(3-4-20(19)25-16-26-21)2-1-17-5-9-24-10-6-17/h3-6,9-10,13,16H,1-2,7-8,11-12,14-15H2,(H,29,30). The number of hydrogen-bond acceptors (Lipinski definition) is 5. The molecule has 5 rings (SSSR count). The van der Waals surface area contributed by atoms with Gasteiger partial charge in [0, 0.05) is 49.4 Å². The summed E-state index contributed by atoms with van der Waals surface area (Å²) in [6.45, 7) is 3.14. The molecule has 1 N–H and O–H groups in total. The number of rotatable bonds is 4. The Balaban J connectivity index is 1.31. The zero-order chi connectivity index (χ0) is 20.6. The third kappa shape index (κ3) is 3.56. The summed E-state index contributed by atoms with van der Waals surface area (Å²) in [7, 11) is 0. The highest BCUT2D eigenvalue weighted by molar-refractivity contribution is 5.90. The Morgan fingerprint density at radius 3 is 2.47 bits per heavy atom. The van der Waals surface area contributed by atoms with Gasteiger partial charge in [0.05, 0.1) is 5.52 Å². The molecule has 1 amide bonds. The normalized spacial score (nSPS) is 17.9. The van der Waals surface area contributed by atoms with E-state index in [1.807, 2.05) is 12.4 Å². The fraction of sp³-hybridized carbons (Fsp3) is 0.391. The van der Waals surface area contributed by atoms with E-state index in [-0.39, 0.29) is 5.41 Å². The molecular weight excluding hydrogens is 378 g/mol. The lowest BCUT2D eigenvalue weighted by Crippen LogP contribution is -2.61. The van der Waals surface area contributed by atoms with E-state index in [4.69, 9.17) is 0 Å². The molecule has 1 aromatic carbocycles. The second kappa shape index (κ2) is 7.55. The van der Waals surface area contributed by atoms with Crippen LogP contribution >= 0.6 is 0 Å². The molecule has 3 aromatic rings. The number of pyridine rings is 1. The molecule has 0 bridgehead atoms. The summed E-state index contributed by atoms with van der Waals surface area (Å²) in [6, 6.07) is 10.6. The van der Waals surface area contributed by atoms with Crippen molar-refractivity contribution in [2.75, 3.05) is 31.1 Å². The van der Waals surface area contributed by atoms with E-state index >= 15 is 0 Å². The first-order valence-corrected chi connectivity index (χ1v) is 10.5. The Morgan fingerprint density at radius 1 is 1.00 bits per heavy atom. The molecule has 2 aliphatic rings. The Kier molecular flexibility index (Phi) is 4.73. The van der Waals surface area contributed by atoms with Crippen LogP contribution in [0.25, 0.3) is 10.9 Å². The van der Waals surface area contributed by atoms with Gasteiger partial charge in [-0.2, -0.15) is 0 Å². The Labute approximate surface area is 175 Å². The number of carbonyl (C=O) groups is 1. The van der Waals surface area contributed by atoms with Gasteiger partial charge in [-0.1, -0.05) is 6.07 Å². The molecule has 2 fully saturated rings. The minimum atomic E-state index is -0.804. The monoisotopic (exact) mass is 403 g/mol. The minimum Gasteiger partial charge on any atom is -0.465 e. The maximum atomic E-state index is 11.2. The Hall–Kier alpha value is -3.22. The lowest BCUT2D eigenvalue weighted by atomic mass is 9.72. The number of carboxylic acid groups (broad SMARTS) is 1. The van der Waals surface area contributed by atoms with Gasteiger partial charge in [-0.25, -0.2) is 14.8 Å². The van der Waals surface area contributed by atoms with Gasteiger partial charge in [0.25, 0.3) is 0 Å². The maximum absolute atomic E-state index is 11.2. The van der Waals surface area contributed by atoms with E-state index in [1.54, 1.807) is 6.33 Å². The zero-order valence-electron chi connectivity index (χ0n) is 16.9. The topological polar surface area (TPSA) is 82.5 Å². The molecule has 7 heteroatoms. The summed E-state index contributed by atoms with van der Waals surface area (Å²) in [5.74, 6) is 0.997. The average molecular weight is 403 g/mol. The molecule has 0 atom stereocenters. The highest BCUT2D eigenvalue weighted by Gasteiger charge is 2.46. The quantitative estimate of drug-likeness (QED) is 0.719. The molecule has 0 saturated carbocycles. The molecule has 1 spiro atoms. The van der Waals surface area contributed by atoms with Crippen molar-refractivity contribution in [3.63, 3.8) is 0 Å². The molecule has 0 unspecified atom stereocenters. The summed E-state index contributed by atoms with van der Waals surface area (Å²) >= 11 is 0. The van der Waals surface area contributed by atoms with Crippen LogP contribution in [-0.2, 0) is 12.8 Å². The molecule has 30 heavy (non-hydrogen) atoms. The first-order valence-electron chi connectivity index (χ1n) is 10.5. The number of likely N-dealkylation sites (tertiary alicyclic amines) is 1. The minimum absolute atomic E-state index is 0.224. The van der Waals surface area contributed by atoms with E-state index in [9.17, 15) is 9.90 Å². The van der Waals surface area contributed by atoms with Crippen LogP contribution < -0.4 is 4.90 Å². The van der Waals surface area contributed by atoms with Gasteiger partial charge in [0.15, 0.2) is 0 Å². The van der Waals surface area contributed by atoms with Gasteiger partial charge in [0.1, 0.15) is 12.1 Å². The molecule has 2 aliphatic heterocycles. The fourth-order valence-electron chi connectivity index (χ4n) is 4.74. The van der Waals surface area contributed by atoms with E-state index in [2.05, 4.69) is 50.2 Å². The third-order valence-electron chi connectivity index (χ3n) is 6.58. The van der Waals surface area contributed by atoms with Gasteiger partial charge >= 0.3 is 6.09 Å². The summed E-state index contributed by atoms with van der Waals surface area (Å²) < 4.78 is 0. The number of anilines is 1. The lowest BCUT2D eigenvalue weighted by Gasteiger charge is -2.54.